The van der Waals surface area contributed by atoms with Crippen LogP contribution in [0.25, 0.3) is 9.88 Å². The molecule has 2 heterocycles. The summed E-state index contributed by atoms with van der Waals surface area (Å²) in [5.74, 6) is 0.420. The standard InChI is InChI=1S/C16H22ClN3OS2/c1-9(2)11(18)7-8-20(4)16(21)14-10(3)19-15(23-14)12-5-6-13(17)22-12/h5-6,9,11H,7-8,18H2,1-4H3. The first-order valence-electron chi connectivity index (χ1n) is 7.53. The Labute approximate surface area is 150 Å². The highest BCUT2D eigenvalue weighted by atomic mass is 35.5. The fourth-order valence-corrected chi connectivity index (χ4v) is 4.24. The van der Waals surface area contributed by atoms with E-state index in [1.165, 1.54) is 22.7 Å². The van der Waals surface area contributed by atoms with Crippen LogP contribution in [0.2, 0.25) is 4.34 Å². The van der Waals surface area contributed by atoms with E-state index < -0.39 is 0 Å². The second-order valence-electron chi connectivity index (χ2n) is 5.96. The maximum Gasteiger partial charge on any atom is 0.265 e. The molecule has 23 heavy (non-hydrogen) atoms. The predicted octanol–water partition coefficient (Wildman–Crippen LogP) is 4.28. The van der Waals surface area contributed by atoms with E-state index >= 15 is 0 Å². The van der Waals surface area contributed by atoms with E-state index in [-0.39, 0.29) is 11.9 Å². The molecular weight excluding hydrogens is 350 g/mol. The zero-order valence-electron chi connectivity index (χ0n) is 13.8. The highest BCUT2D eigenvalue weighted by Gasteiger charge is 2.21. The van der Waals surface area contributed by atoms with Crippen molar-refractivity contribution in [3.8, 4) is 9.88 Å². The van der Waals surface area contributed by atoms with Crippen LogP contribution in [0.5, 0.6) is 0 Å². The number of halogens is 1. The minimum absolute atomic E-state index is 0.00450. The molecule has 126 valence electrons. The van der Waals surface area contributed by atoms with Gasteiger partial charge in [-0.2, -0.15) is 0 Å². The second kappa shape index (κ2) is 7.75. The van der Waals surface area contributed by atoms with Gasteiger partial charge in [-0.05, 0) is 31.4 Å². The van der Waals surface area contributed by atoms with Gasteiger partial charge in [0.1, 0.15) is 9.88 Å². The molecule has 0 aromatic carbocycles. The van der Waals surface area contributed by atoms with Crippen molar-refractivity contribution in [2.24, 2.45) is 11.7 Å². The Morgan fingerprint density at radius 3 is 2.65 bits per heavy atom. The van der Waals surface area contributed by atoms with Gasteiger partial charge < -0.3 is 10.6 Å². The van der Waals surface area contributed by atoms with Gasteiger partial charge in [-0.3, -0.25) is 4.79 Å². The minimum Gasteiger partial charge on any atom is -0.341 e. The number of nitrogens with two attached hydrogens (primary N) is 1. The van der Waals surface area contributed by atoms with Crippen molar-refractivity contribution >= 4 is 40.2 Å². The third kappa shape index (κ3) is 4.53. The van der Waals surface area contributed by atoms with Gasteiger partial charge in [0.2, 0.25) is 0 Å². The Hall–Kier alpha value is -0.950. The molecule has 0 saturated carbocycles. The number of hydrogen-bond acceptors (Lipinski definition) is 5. The van der Waals surface area contributed by atoms with Crippen molar-refractivity contribution in [2.75, 3.05) is 13.6 Å². The molecule has 0 aliphatic heterocycles. The van der Waals surface area contributed by atoms with Crippen LogP contribution >= 0.6 is 34.3 Å². The third-order valence-corrected chi connectivity index (χ3v) is 6.32. The maximum atomic E-state index is 12.6. The Morgan fingerprint density at radius 2 is 2.09 bits per heavy atom. The van der Waals surface area contributed by atoms with Crippen LogP contribution in [0.4, 0.5) is 0 Å². The average molecular weight is 372 g/mol. The molecule has 1 unspecified atom stereocenters. The fraction of sp³-hybridized carbons (Fsp3) is 0.500. The Bertz CT molecular complexity index is 681. The third-order valence-electron chi connectivity index (χ3n) is 3.78. The number of carbonyl (C=O) groups is 1. The molecule has 0 spiro atoms. The van der Waals surface area contributed by atoms with Crippen molar-refractivity contribution in [2.45, 2.75) is 33.2 Å². The molecule has 0 aliphatic rings. The molecule has 2 aromatic heterocycles. The summed E-state index contributed by atoms with van der Waals surface area (Å²) >= 11 is 8.87. The van der Waals surface area contributed by atoms with Crippen molar-refractivity contribution in [3.05, 3.63) is 27.0 Å². The van der Waals surface area contributed by atoms with Crippen LogP contribution in [-0.4, -0.2) is 35.4 Å². The molecule has 0 bridgehead atoms. The highest BCUT2D eigenvalue weighted by Crippen LogP contribution is 2.35. The zero-order valence-corrected chi connectivity index (χ0v) is 16.2. The van der Waals surface area contributed by atoms with E-state index in [0.29, 0.717) is 17.3 Å². The van der Waals surface area contributed by atoms with Gasteiger partial charge in [0.05, 0.1) is 14.9 Å². The van der Waals surface area contributed by atoms with E-state index in [1.54, 1.807) is 4.90 Å². The molecule has 2 N–H and O–H groups in total. The highest BCUT2D eigenvalue weighted by molar-refractivity contribution is 7.24. The van der Waals surface area contributed by atoms with Crippen molar-refractivity contribution in [1.29, 1.82) is 0 Å². The molecule has 1 atom stereocenters. The lowest BCUT2D eigenvalue weighted by Crippen LogP contribution is -2.34. The van der Waals surface area contributed by atoms with E-state index in [4.69, 9.17) is 17.3 Å². The van der Waals surface area contributed by atoms with Crippen molar-refractivity contribution < 1.29 is 4.79 Å². The first-order chi connectivity index (χ1) is 10.8. The quantitative estimate of drug-likeness (QED) is 0.824. The van der Waals surface area contributed by atoms with E-state index in [1.807, 2.05) is 26.1 Å². The van der Waals surface area contributed by atoms with Crippen LogP contribution in [0.1, 0.15) is 35.6 Å². The number of thiazole rings is 1. The number of amides is 1. The topological polar surface area (TPSA) is 59.2 Å². The second-order valence-corrected chi connectivity index (χ2v) is 8.67. The number of thiophene rings is 1. The van der Waals surface area contributed by atoms with Crippen LogP contribution in [0.15, 0.2) is 12.1 Å². The van der Waals surface area contributed by atoms with Crippen LogP contribution in [-0.2, 0) is 0 Å². The molecule has 1 amide bonds. The number of rotatable bonds is 6. The average Bonchev–Trinajstić information content (AvgIpc) is 3.09. The summed E-state index contributed by atoms with van der Waals surface area (Å²) in [6.07, 6.45) is 0.797. The molecule has 7 heteroatoms. The molecule has 4 nitrogen and oxygen atoms in total. The van der Waals surface area contributed by atoms with Gasteiger partial charge >= 0.3 is 0 Å². The first-order valence-corrected chi connectivity index (χ1v) is 9.55. The Morgan fingerprint density at radius 1 is 1.39 bits per heavy atom. The molecule has 0 radical (unpaired) electrons. The Kier molecular flexibility index (Phi) is 6.19. The summed E-state index contributed by atoms with van der Waals surface area (Å²) in [6, 6.07) is 3.89. The zero-order chi connectivity index (χ0) is 17.1. The number of carbonyl (C=O) groups excluding carboxylic acids is 1. The van der Waals surface area contributed by atoms with E-state index in [2.05, 4.69) is 18.8 Å². The smallest absolute Gasteiger partial charge is 0.265 e. The summed E-state index contributed by atoms with van der Waals surface area (Å²) in [7, 11) is 1.82. The molecule has 2 aromatic rings. The monoisotopic (exact) mass is 371 g/mol. The van der Waals surface area contributed by atoms with E-state index in [0.717, 1.165) is 26.3 Å². The SMILES string of the molecule is Cc1nc(-c2ccc(Cl)s2)sc1C(=O)N(C)CCC(N)C(C)C. The number of aromatic nitrogens is 1. The normalized spacial score (nSPS) is 12.7. The lowest BCUT2D eigenvalue weighted by molar-refractivity contribution is 0.0793. The number of aryl methyl sites for hydroxylation is 1. The molecule has 0 aliphatic carbocycles. The van der Waals surface area contributed by atoms with Gasteiger partial charge in [0.25, 0.3) is 5.91 Å². The summed E-state index contributed by atoms with van der Waals surface area (Å²) in [4.78, 5) is 20.6. The van der Waals surface area contributed by atoms with Gasteiger partial charge in [-0.25, -0.2) is 4.98 Å². The molecular formula is C16H22ClN3OS2. The molecule has 0 saturated heterocycles. The fourth-order valence-electron chi connectivity index (χ4n) is 2.08. The van der Waals surface area contributed by atoms with Gasteiger partial charge in [0.15, 0.2) is 0 Å². The lowest BCUT2D eigenvalue weighted by atomic mass is 10.0. The Balaban J connectivity index is 2.09. The molecule has 2 rings (SSSR count). The van der Waals surface area contributed by atoms with Crippen molar-refractivity contribution in [3.63, 3.8) is 0 Å². The predicted molar refractivity (Wildman–Crippen MR) is 99.6 cm³/mol. The summed E-state index contributed by atoms with van der Waals surface area (Å²) in [5, 5.41) is 0.843. The lowest BCUT2D eigenvalue weighted by Gasteiger charge is -2.21. The summed E-state index contributed by atoms with van der Waals surface area (Å²) < 4.78 is 0.723. The van der Waals surface area contributed by atoms with Crippen LogP contribution in [0.3, 0.4) is 0 Å². The summed E-state index contributed by atoms with van der Waals surface area (Å²) in [6.45, 7) is 6.71. The van der Waals surface area contributed by atoms with Gasteiger partial charge in [-0.15, -0.1) is 22.7 Å². The van der Waals surface area contributed by atoms with Crippen LogP contribution in [0, 0.1) is 12.8 Å². The maximum absolute atomic E-state index is 12.6. The van der Waals surface area contributed by atoms with Gasteiger partial charge in [0, 0.05) is 19.6 Å². The van der Waals surface area contributed by atoms with Gasteiger partial charge in [-0.1, -0.05) is 25.4 Å². The van der Waals surface area contributed by atoms with Crippen molar-refractivity contribution in [1.82, 2.24) is 9.88 Å². The largest absolute Gasteiger partial charge is 0.341 e. The first kappa shape index (κ1) is 18.4. The van der Waals surface area contributed by atoms with Crippen LogP contribution < -0.4 is 5.73 Å². The summed E-state index contributed by atoms with van der Waals surface area (Å²) in [5.41, 5.74) is 6.82. The number of hydrogen-bond donors (Lipinski definition) is 1. The number of nitrogens with zero attached hydrogens (tertiary/aromatic N) is 2. The minimum atomic E-state index is 0.00450. The molecule has 0 fully saturated rings. The van der Waals surface area contributed by atoms with E-state index in [9.17, 15) is 4.79 Å².